The van der Waals surface area contributed by atoms with Crippen molar-refractivity contribution in [3.8, 4) is 0 Å². The summed E-state index contributed by atoms with van der Waals surface area (Å²) < 4.78 is 26.5. The second-order valence-electron chi connectivity index (χ2n) is 5.58. The van der Waals surface area contributed by atoms with Crippen molar-refractivity contribution in [2.45, 2.75) is 45.1 Å². The topological polar surface area (TPSA) is 63.4 Å². The summed E-state index contributed by atoms with van der Waals surface area (Å²) in [7, 11) is -1.85. The quantitative estimate of drug-likeness (QED) is 0.845. The molecule has 4 nitrogen and oxygen atoms in total. The molecule has 1 unspecified atom stereocenters. The Hall–Kier alpha value is -1.07. The molecule has 0 aliphatic heterocycles. The van der Waals surface area contributed by atoms with E-state index in [-0.39, 0.29) is 10.9 Å². The van der Waals surface area contributed by atoms with E-state index in [9.17, 15) is 8.42 Å². The van der Waals surface area contributed by atoms with Gasteiger partial charge in [-0.25, -0.2) is 8.42 Å². The smallest absolute Gasteiger partial charge is 0.243 e. The minimum Gasteiger partial charge on any atom is -0.399 e. The van der Waals surface area contributed by atoms with Gasteiger partial charge in [-0.1, -0.05) is 13.8 Å². The predicted molar refractivity (Wildman–Crippen MR) is 79.5 cm³/mol. The maximum atomic E-state index is 12.5. The van der Waals surface area contributed by atoms with E-state index in [1.807, 2.05) is 13.8 Å². The van der Waals surface area contributed by atoms with Crippen LogP contribution in [0.2, 0.25) is 0 Å². The van der Waals surface area contributed by atoms with Gasteiger partial charge in [0.1, 0.15) is 0 Å². The zero-order valence-electron chi connectivity index (χ0n) is 12.3. The molecule has 1 aromatic rings. The summed E-state index contributed by atoms with van der Waals surface area (Å²) in [4.78, 5) is 0.267. The highest BCUT2D eigenvalue weighted by Gasteiger charge is 2.26. The standard InChI is InChI=1S/C14H24N2O2S/c1-10(2)6-12(4)16(5)19(17,18)14-8-11(3)7-13(15)9-14/h7-10,12H,6,15H2,1-5H3. The first kappa shape index (κ1) is 16.0. The van der Waals surface area contributed by atoms with Crippen LogP contribution in [-0.2, 0) is 10.0 Å². The van der Waals surface area contributed by atoms with E-state index in [0.717, 1.165) is 12.0 Å². The fourth-order valence-electron chi connectivity index (χ4n) is 2.16. The first-order valence-electron chi connectivity index (χ1n) is 6.49. The Morgan fingerprint density at radius 3 is 2.26 bits per heavy atom. The summed E-state index contributed by atoms with van der Waals surface area (Å²) in [5, 5.41) is 0. The largest absolute Gasteiger partial charge is 0.399 e. The monoisotopic (exact) mass is 284 g/mol. The van der Waals surface area contributed by atoms with Crippen molar-refractivity contribution in [2.75, 3.05) is 12.8 Å². The van der Waals surface area contributed by atoms with Gasteiger partial charge in [0.05, 0.1) is 4.90 Å². The van der Waals surface area contributed by atoms with Gasteiger partial charge in [-0.2, -0.15) is 4.31 Å². The van der Waals surface area contributed by atoms with Gasteiger partial charge in [0.15, 0.2) is 0 Å². The van der Waals surface area contributed by atoms with Crippen molar-refractivity contribution < 1.29 is 8.42 Å². The Labute approximate surface area is 116 Å². The molecule has 108 valence electrons. The van der Waals surface area contributed by atoms with Crippen LogP contribution in [0.4, 0.5) is 5.69 Å². The molecular formula is C14H24N2O2S. The van der Waals surface area contributed by atoms with Crippen LogP contribution in [0.5, 0.6) is 0 Å². The molecule has 0 aromatic heterocycles. The summed E-state index contributed by atoms with van der Waals surface area (Å²) in [6.45, 7) is 7.94. The number of nitrogen functional groups attached to an aromatic ring is 1. The number of benzene rings is 1. The Balaban J connectivity index is 3.09. The zero-order chi connectivity index (χ0) is 14.8. The van der Waals surface area contributed by atoms with E-state index in [1.54, 1.807) is 19.2 Å². The number of nitrogens with two attached hydrogens (primary N) is 1. The van der Waals surface area contributed by atoms with E-state index in [1.165, 1.54) is 10.4 Å². The predicted octanol–water partition coefficient (Wildman–Crippen LogP) is 2.63. The zero-order valence-corrected chi connectivity index (χ0v) is 13.2. The summed E-state index contributed by atoms with van der Waals surface area (Å²) in [6.07, 6.45) is 0.830. The third-order valence-corrected chi connectivity index (χ3v) is 5.13. The molecule has 0 saturated carbocycles. The van der Waals surface area contributed by atoms with E-state index in [0.29, 0.717) is 11.6 Å². The number of sulfonamides is 1. The third-order valence-electron chi connectivity index (χ3n) is 3.18. The van der Waals surface area contributed by atoms with Crippen molar-refractivity contribution in [1.29, 1.82) is 0 Å². The SMILES string of the molecule is Cc1cc(N)cc(S(=O)(=O)N(C)C(C)CC(C)C)c1. The number of aryl methyl sites for hydroxylation is 1. The Morgan fingerprint density at radius 2 is 1.79 bits per heavy atom. The highest BCUT2D eigenvalue weighted by molar-refractivity contribution is 7.89. The van der Waals surface area contributed by atoms with Gasteiger partial charge in [-0.3, -0.25) is 0 Å². The van der Waals surface area contributed by atoms with Crippen LogP contribution >= 0.6 is 0 Å². The summed E-state index contributed by atoms with van der Waals surface area (Å²) in [6, 6.07) is 4.90. The lowest BCUT2D eigenvalue weighted by Gasteiger charge is -2.25. The molecule has 0 bridgehead atoms. The molecule has 0 spiro atoms. The molecule has 0 heterocycles. The average Bonchev–Trinajstić information content (AvgIpc) is 2.25. The molecule has 0 aliphatic carbocycles. The van der Waals surface area contributed by atoms with Gasteiger partial charge in [0.2, 0.25) is 10.0 Å². The van der Waals surface area contributed by atoms with E-state index < -0.39 is 10.0 Å². The van der Waals surface area contributed by atoms with E-state index in [4.69, 9.17) is 5.73 Å². The molecule has 5 heteroatoms. The van der Waals surface area contributed by atoms with Crippen LogP contribution < -0.4 is 5.73 Å². The Bertz CT molecular complexity index is 518. The van der Waals surface area contributed by atoms with Crippen molar-refractivity contribution in [3.63, 3.8) is 0 Å². The molecule has 19 heavy (non-hydrogen) atoms. The van der Waals surface area contributed by atoms with Crippen molar-refractivity contribution in [2.24, 2.45) is 5.92 Å². The maximum Gasteiger partial charge on any atom is 0.243 e. The summed E-state index contributed by atoms with van der Waals surface area (Å²) in [5.74, 6) is 0.454. The first-order chi connectivity index (χ1) is 8.64. The minimum absolute atomic E-state index is 0.0354. The fraction of sp³-hybridized carbons (Fsp3) is 0.571. The van der Waals surface area contributed by atoms with Crippen LogP contribution in [0.1, 0.15) is 32.8 Å². The number of hydrogen-bond acceptors (Lipinski definition) is 3. The number of anilines is 1. The van der Waals surface area contributed by atoms with Crippen LogP contribution in [0.3, 0.4) is 0 Å². The highest BCUT2D eigenvalue weighted by Crippen LogP contribution is 2.22. The lowest BCUT2D eigenvalue weighted by Crippen LogP contribution is -2.36. The van der Waals surface area contributed by atoms with Crippen LogP contribution in [0.15, 0.2) is 23.1 Å². The van der Waals surface area contributed by atoms with Crippen molar-refractivity contribution in [3.05, 3.63) is 23.8 Å². The van der Waals surface area contributed by atoms with Crippen LogP contribution in [-0.4, -0.2) is 25.8 Å². The Kier molecular flexibility index (Phi) is 4.98. The molecule has 1 atom stereocenters. The molecule has 0 amide bonds. The first-order valence-corrected chi connectivity index (χ1v) is 7.93. The molecule has 0 aliphatic rings. The minimum atomic E-state index is -3.48. The molecule has 0 radical (unpaired) electrons. The second-order valence-corrected chi connectivity index (χ2v) is 7.58. The third kappa shape index (κ3) is 3.94. The Morgan fingerprint density at radius 1 is 1.21 bits per heavy atom. The lowest BCUT2D eigenvalue weighted by atomic mass is 10.1. The van der Waals surface area contributed by atoms with Gasteiger partial charge >= 0.3 is 0 Å². The van der Waals surface area contributed by atoms with Gasteiger partial charge in [-0.15, -0.1) is 0 Å². The van der Waals surface area contributed by atoms with Crippen molar-refractivity contribution in [1.82, 2.24) is 4.31 Å². The van der Waals surface area contributed by atoms with Gasteiger partial charge in [-0.05, 0) is 49.9 Å². The molecule has 0 saturated heterocycles. The van der Waals surface area contributed by atoms with Crippen LogP contribution in [0.25, 0.3) is 0 Å². The highest BCUT2D eigenvalue weighted by atomic mass is 32.2. The lowest BCUT2D eigenvalue weighted by molar-refractivity contribution is 0.338. The summed E-state index contributed by atoms with van der Waals surface area (Å²) >= 11 is 0. The fourth-order valence-corrected chi connectivity index (χ4v) is 3.67. The number of hydrogen-bond donors (Lipinski definition) is 1. The molecular weight excluding hydrogens is 260 g/mol. The summed E-state index contributed by atoms with van der Waals surface area (Å²) in [5.41, 5.74) is 7.06. The second kappa shape index (κ2) is 5.92. The van der Waals surface area contributed by atoms with Gasteiger partial charge in [0, 0.05) is 18.8 Å². The number of rotatable bonds is 5. The number of nitrogens with zero attached hydrogens (tertiary/aromatic N) is 1. The van der Waals surface area contributed by atoms with Crippen LogP contribution in [0, 0.1) is 12.8 Å². The van der Waals surface area contributed by atoms with Crippen molar-refractivity contribution >= 4 is 15.7 Å². The maximum absolute atomic E-state index is 12.5. The van der Waals surface area contributed by atoms with Gasteiger partial charge in [0.25, 0.3) is 0 Å². The molecule has 1 rings (SSSR count). The molecule has 0 fully saturated rings. The molecule has 1 aromatic carbocycles. The van der Waals surface area contributed by atoms with E-state index in [2.05, 4.69) is 13.8 Å². The normalized spacial score (nSPS) is 14.1. The van der Waals surface area contributed by atoms with Gasteiger partial charge < -0.3 is 5.73 Å². The van der Waals surface area contributed by atoms with E-state index >= 15 is 0 Å². The molecule has 2 N–H and O–H groups in total. The average molecular weight is 284 g/mol.